The van der Waals surface area contributed by atoms with E-state index in [1.165, 1.54) is 12.4 Å². The van der Waals surface area contributed by atoms with Crippen molar-refractivity contribution in [2.75, 3.05) is 18.8 Å². The standard InChI is InChI=1S/C13H21N5O/c1-9(2)18-7-3-10(4-8-18)17-13(19)11-12(14)16-6-5-15-11/h5-6,9-10H,3-4,7-8H2,1-2H3,(H2,14,16)(H,17,19). The van der Waals surface area contributed by atoms with Crippen molar-refractivity contribution in [1.82, 2.24) is 20.2 Å². The van der Waals surface area contributed by atoms with Crippen molar-refractivity contribution in [3.63, 3.8) is 0 Å². The average Bonchev–Trinajstić information content (AvgIpc) is 2.39. The lowest BCUT2D eigenvalue weighted by Crippen LogP contribution is -2.46. The highest BCUT2D eigenvalue weighted by molar-refractivity contribution is 5.96. The zero-order chi connectivity index (χ0) is 13.8. The van der Waals surface area contributed by atoms with E-state index in [0.717, 1.165) is 25.9 Å². The van der Waals surface area contributed by atoms with E-state index in [0.29, 0.717) is 6.04 Å². The number of nitrogen functional groups attached to an aromatic ring is 1. The summed E-state index contributed by atoms with van der Waals surface area (Å²) >= 11 is 0. The summed E-state index contributed by atoms with van der Waals surface area (Å²) < 4.78 is 0. The van der Waals surface area contributed by atoms with E-state index in [1.807, 2.05) is 0 Å². The van der Waals surface area contributed by atoms with Gasteiger partial charge in [-0.1, -0.05) is 0 Å². The number of anilines is 1. The van der Waals surface area contributed by atoms with E-state index in [-0.39, 0.29) is 23.5 Å². The molecule has 1 aliphatic rings. The Labute approximate surface area is 113 Å². The second-order valence-corrected chi connectivity index (χ2v) is 5.17. The van der Waals surface area contributed by atoms with Crippen LogP contribution in [0, 0.1) is 0 Å². The molecule has 104 valence electrons. The second-order valence-electron chi connectivity index (χ2n) is 5.17. The summed E-state index contributed by atoms with van der Waals surface area (Å²) in [6.45, 7) is 6.41. The number of hydrogen-bond donors (Lipinski definition) is 2. The highest BCUT2D eigenvalue weighted by Gasteiger charge is 2.23. The van der Waals surface area contributed by atoms with Crippen LogP contribution in [0.5, 0.6) is 0 Å². The molecule has 19 heavy (non-hydrogen) atoms. The molecule has 1 saturated heterocycles. The molecule has 0 bridgehead atoms. The molecule has 6 nitrogen and oxygen atoms in total. The van der Waals surface area contributed by atoms with Crippen LogP contribution in [-0.4, -0.2) is 45.9 Å². The minimum absolute atomic E-state index is 0.180. The highest BCUT2D eigenvalue weighted by Crippen LogP contribution is 2.14. The normalized spacial score (nSPS) is 17.6. The maximum Gasteiger partial charge on any atom is 0.273 e. The van der Waals surface area contributed by atoms with Gasteiger partial charge in [-0.05, 0) is 26.7 Å². The molecule has 0 radical (unpaired) electrons. The van der Waals surface area contributed by atoms with E-state index >= 15 is 0 Å². The summed E-state index contributed by atoms with van der Waals surface area (Å²) in [5.41, 5.74) is 5.86. The van der Waals surface area contributed by atoms with Crippen molar-refractivity contribution >= 4 is 11.7 Å². The van der Waals surface area contributed by atoms with Crippen LogP contribution < -0.4 is 11.1 Å². The molecule has 2 rings (SSSR count). The molecule has 1 fully saturated rings. The first-order valence-electron chi connectivity index (χ1n) is 6.69. The highest BCUT2D eigenvalue weighted by atomic mass is 16.2. The van der Waals surface area contributed by atoms with Crippen LogP contribution in [0.2, 0.25) is 0 Å². The maximum absolute atomic E-state index is 12.0. The zero-order valence-corrected chi connectivity index (χ0v) is 11.5. The fourth-order valence-electron chi connectivity index (χ4n) is 2.34. The summed E-state index contributed by atoms with van der Waals surface area (Å²) in [5.74, 6) is -0.0480. The largest absolute Gasteiger partial charge is 0.382 e. The van der Waals surface area contributed by atoms with Crippen LogP contribution in [0.1, 0.15) is 37.2 Å². The number of carbonyl (C=O) groups excluding carboxylic acids is 1. The predicted octanol–water partition coefficient (Wildman–Crippen LogP) is 0.661. The van der Waals surface area contributed by atoms with E-state index < -0.39 is 0 Å². The van der Waals surface area contributed by atoms with E-state index in [2.05, 4.69) is 34.0 Å². The lowest BCUT2D eigenvalue weighted by molar-refractivity contribution is 0.0896. The second kappa shape index (κ2) is 5.97. The number of hydrogen-bond acceptors (Lipinski definition) is 5. The third kappa shape index (κ3) is 3.41. The number of carbonyl (C=O) groups is 1. The number of rotatable bonds is 3. The van der Waals surface area contributed by atoms with Gasteiger partial charge in [-0.25, -0.2) is 9.97 Å². The van der Waals surface area contributed by atoms with Crippen LogP contribution in [0.15, 0.2) is 12.4 Å². The number of likely N-dealkylation sites (tertiary alicyclic amines) is 1. The number of piperidine rings is 1. The molecule has 1 aliphatic heterocycles. The first-order valence-corrected chi connectivity index (χ1v) is 6.69. The van der Waals surface area contributed by atoms with Gasteiger partial charge in [-0.3, -0.25) is 4.79 Å². The number of aromatic nitrogens is 2. The molecule has 1 amide bonds. The SMILES string of the molecule is CC(C)N1CCC(NC(=O)c2nccnc2N)CC1. The minimum atomic E-state index is -0.228. The molecule has 0 unspecified atom stereocenters. The lowest BCUT2D eigenvalue weighted by atomic mass is 10.0. The Morgan fingerprint density at radius 3 is 2.58 bits per heavy atom. The number of nitrogens with one attached hydrogen (secondary N) is 1. The molecular formula is C13H21N5O. The van der Waals surface area contributed by atoms with E-state index in [1.54, 1.807) is 0 Å². The summed E-state index contributed by atoms with van der Waals surface area (Å²) in [6, 6.07) is 0.760. The monoisotopic (exact) mass is 263 g/mol. The van der Waals surface area contributed by atoms with Gasteiger partial charge in [0.2, 0.25) is 0 Å². The van der Waals surface area contributed by atoms with Crippen molar-refractivity contribution in [3.8, 4) is 0 Å². The summed E-state index contributed by atoms with van der Waals surface area (Å²) in [7, 11) is 0. The molecule has 0 aromatic carbocycles. The summed E-state index contributed by atoms with van der Waals surface area (Å²) in [6.07, 6.45) is 4.88. The van der Waals surface area contributed by atoms with Crippen molar-refractivity contribution in [2.45, 2.75) is 38.8 Å². The minimum Gasteiger partial charge on any atom is -0.382 e. The Morgan fingerprint density at radius 2 is 2.00 bits per heavy atom. The first kappa shape index (κ1) is 13.7. The van der Waals surface area contributed by atoms with E-state index in [4.69, 9.17) is 5.73 Å². The van der Waals surface area contributed by atoms with Crippen molar-refractivity contribution in [2.24, 2.45) is 0 Å². The lowest BCUT2D eigenvalue weighted by Gasteiger charge is -2.34. The molecule has 1 aromatic heterocycles. The van der Waals surface area contributed by atoms with Gasteiger partial charge in [0, 0.05) is 37.6 Å². The van der Waals surface area contributed by atoms with E-state index in [9.17, 15) is 4.79 Å². The third-order valence-electron chi connectivity index (χ3n) is 3.54. The van der Waals surface area contributed by atoms with Crippen LogP contribution in [-0.2, 0) is 0 Å². The number of nitrogens with zero attached hydrogens (tertiary/aromatic N) is 3. The smallest absolute Gasteiger partial charge is 0.273 e. The van der Waals surface area contributed by atoms with Gasteiger partial charge in [0.15, 0.2) is 11.5 Å². The average molecular weight is 263 g/mol. The number of amides is 1. The van der Waals surface area contributed by atoms with Crippen LogP contribution in [0.3, 0.4) is 0 Å². The number of nitrogens with two attached hydrogens (primary N) is 1. The quantitative estimate of drug-likeness (QED) is 0.837. The summed E-state index contributed by atoms with van der Waals surface area (Å²) in [5, 5.41) is 2.99. The van der Waals surface area contributed by atoms with Crippen LogP contribution in [0.25, 0.3) is 0 Å². The molecule has 3 N–H and O–H groups in total. The molecule has 0 aliphatic carbocycles. The molecule has 0 spiro atoms. The fourth-order valence-corrected chi connectivity index (χ4v) is 2.34. The summed E-state index contributed by atoms with van der Waals surface area (Å²) in [4.78, 5) is 22.3. The van der Waals surface area contributed by atoms with Gasteiger partial charge in [-0.15, -0.1) is 0 Å². The van der Waals surface area contributed by atoms with Gasteiger partial charge < -0.3 is 16.0 Å². The zero-order valence-electron chi connectivity index (χ0n) is 11.5. The molecular weight excluding hydrogens is 242 g/mol. The molecule has 2 heterocycles. The van der Waals surface area contributed by atoms with Crippen molar-refractivity contribution in [1.29, 1.82) is 0 Å². The van der Waals surface area contributed by atoms with Gasteiger partial charge in [0.05, 0.1) is 0 Å². The molecule has 0 atom stereocenters. The Balaban J connectivity index is 1.89. The Hall–Kier alpha value is -1.69. The van der Waals surface area contributed by atoms with Gasteiger partial charge in [0.25, 0.3) is 5.91 Å². The maximum atomic E-state index is 12.0. The molecule has 1 aromatic rings. The Kier molecular flexibility index (Phi) is 4.31. The van der Waals surface area contributed by atoms with Crippen molar-refractivity contribution < 1.29 is 4.79 Å². The Bertz CT molecular complexity index is 440. The molecule has 0 saturated carbocycles. The van der Waals surface area contributed by atoms with Gasteiger partial charge in [-0.2, -0.15) is 0 Å². The topological polar surface area (TPSA) is 84.1 Å². The van der Waals surface area contributed by atoms with Crippen LogP contribution in [0.4, 0.5) is 5.82 Å². The predicted molar refractivity (Wildman–Crippen MR) is 73.6 cm³/mol. The first-order chi connectivity index (χ1) is 9.08. The van der Waals surface area contributed by atoms with Crippen LogP contribution >= 0.6 is 0 Å². The van der Waals surface area contributed by atoms with Gasteiger partial charge in [0.1, 0.15) is 0 Å². The van der Waals surface area contributed by atoms with Crippen molar-refractivity contribution in [3.05, 3.63) is 18.1 Å². The fraction of sp³-hybridized carbons (Fsp3) is 0.615. The Morgan fingerprint density at radius 1 is 1.37 bits per heavy atom. The third-order valence-corrected chi connectivity index (χ3v) is 3.54. The van der Waals surface area contributed by atoms with Gasteiger partial charge >= 0.3 is 0 Å². The molecule has 6 heteroatoms.